The quantitative estimate of drug-likeness (QED) is 0.581. The lowest BCUT2D eigenvalue weighted by atomic mass is 9.68. The molecule has 0 aromatic heterocycles. The summed E-state index contributed by atoms with van der Waals surface area (Å²) in [6.07, 6.45) is 15.6. The number of rotatable bonds is 1. The van der Waals surface area contributed by atoms with Crippen molar-refractivity contribution < 1.29 is 0 Å². The first kappa shape index (κ1) is 11.1. The van der Waals surface area contributed by atoms with Crippen molar-refractivity contribution in [2.24, 2.45) is 29.6 Å². The van der Waals surface area contributed by atoms with Crippen LogP contribution in [0.5, 0.6) is 0 Å². The molecule has 3 saturated carbocycles. The molecule has 3 aliphatic carbocycles. The van der Waals surface area contributed by atoms with Crippen molar-refractivity contribution in [1.82, 2.24) is 0 Å². The monoisotopic (exact) mass is 220 g/mol. The Balaban J connectivity index is 1.66. The highest BCUT2D eigenvalue weighted by atomic mass is 14.5. The normalized spacial score (nSPS) is 45.6. The highest BCUT2D eigenvalue weighted by Gasteiger charge is 2.42. The average Bonchev–Trinajstić information content (AvgIpc) is 2.73. The molecule has 0 radical (unpaired) electrons. The molecule has 0 aromatic carbocycles. The van der Waals surface area contributed by atoms with Crippen LogP contribution in [0.4, 0.5) is 0 Å². The van der Waals surface area contributed by atoms with Gasteiger partial charge in [0.05, 0.1) is 0 Å². The highest BCUT2D eigenvalue weighted by Crippen LogP contribution is 2.52. The molecule has 0 heteroatoms. The Labute approximate surface area is 101 Å². The smallest absolute Gasteiger partial charge is 0.0352 e. The van der Waals surface area contributed by atoms with Crippen molar-refractivity contribution in [1.29, 1.82) is 0 Å². The van der Waals surface area contributed by atoms with Gasteiger partial charge in [0.15, 0.2) is 0 Å². The first-order valence-corrected chi connectivity index (χ1v) is 7.84. The van der Waals surface area contributed by atoms with Crippen molar-refractivity contribution in [3.63, 3.8) is 0 Å². The van der Waals surface area contributed by atoms with E-state index in [1.165, 1.54) is 25.7 Å². The summed E-state index contributed by atoms with van der Waals surface area (Å²) < 4.78 is 0. The summed E-state index contributed by atoms with van der Waals surface area (Å²) in [5.74, 6) is 5.60. The van der Waals surface area contributed by atoms with Crippen molar-refractivity contribution in [3.8, 4) is 0 Å². The van der Waals surface area contributed by atoms with E-state index in [-0.39, 0.29) is 0 Å². The summed E-state index contributed by atoms with van der Waals surface area (Å²) in [5.41, 5.74) is 0. The molecule has 0 saturated heterocycles. The summed E-state index contributed by atoms with van der Waals surface area (Å²) in [6, 6.07) is 0. The van der Waals surface area contributed by atoms with Gasteiger partial charge in [-0.05, 0) is 55.3 Å². The molecule has 0 spiro atoms. The Morgan fingerprint density at radius 1 is 0.625 bits per heavy atom. The van der Waals surface area contributed by atoms with E-state index in [2.05, 4.69) is 6.92 Å². The molecule has 3 rings (SSSR count). The van der Waals surface area contributed by atoms with Crippen LogP contribution in [0.15, 0.2) is 0 Å². The molecule has 0 aliphatic heterocycles. The number of fused-ring (bicyclic) bond motifs is 1. The average molecular weight is 220 g/mol. The SMILES string of the molecule is CC1CCC2CCC(C3CCCCC3)C2C1. The maximum absolute atomic E-state index is 2.49. The fraction of sp³-hybridized carbons (Fsp3) is 1.00. The second-order valence-corrected chi connectivity index (χ2v) is 6.98. The fourth-order valence-electron chi connectivity index (χ4n) is 5.14. The van der Waals surface area contributed by atoms with Crippen LogP contribution in [0.2, 0.25) is 0 Å². The zero-order chi connectivity index (χ0) is 11.0. The van der Waals surface area contributed by atoms with Gasteiger partial charge in [0.1, 0.15) is 0 Å². The summed E-state index contributed by atoms with van der Waals surface area (Å²) in [5, 5.41) is 0. The van der Waals surface area contributed by atoms with Gasteiger partial charge in [0, 0.05) is 0 Å². The molecule has 0 aromatic rings. The summed E-state index contributed by atoms with van der Waals surface area (Å²) >= 11 is 0. The molecule has 4 unspecified atom stereocenters. The first-order valence-electron chi connectivity index (χ1n) is 7.84. The van der Waals surface area contributed by atoms with E-state index in [1.807, 2.05) is 0 Å². The molecule has 0 bridgehead atoms. The Bertz CT molecular complexity index is 226. The fourth-order valence-corrected chi connectivity index (χ4v) is 5.14. The van der Waals surface area contributed by atoms with Gasteiger partial charge < -0.3 is 0 Å². The van der Waals surface area contributed by atoms with Crippen LogP contribution < -0.4 is 0 Å². The largest absolute Gasteiger partial charge is 0.0625 e. The van der Waals surface area contributed by atoms with Crippen LogP contribution in [0.25, 0.3) is 0 Å². The van der Waals surface area contributed by atoms with Gasteiger partial charge in [0.25, 0.3) is 0 Å². The highest BCUT2D eigenvalue weighted by molar-refractivity contribution is 4.92. The van der Waals surface area contributed by atoms with Gasteiger partial charge in [-0.1, -0.05) is 45.4 Å². The Hall–Kier alpha value is 0. The molecular weight excluding hydrogens is 192 g/mol. The molecule has 3 aliphatic rings. The van der Waals surface area contributed by atoms with E-state index in [0.29, 0.717) is 0 Å². The zero-order valence-electron chi connectivity index (χ0n) is 11.0. The maximum Gasteiger partial charge on any atom is -0.0352 e. The van der Waals surface area contributed by atoms with E-state index in [0.717, 1.165) is 29.6 Å². The molecule has 3 fully saturated rings. The van der Waals surface area contributed by atoms with Gasteiger partial charge in [-0.2, -0.15) is 0 Å². The Morgan fingerprint density at radius 2 is 1.31 bits per heavy atom. The summed E-state index contributed by atoms with van der Waals surface area (Å²) in [6.45, 7) is 2.49. The first-order chi connectivity index (χ1) is 7.84. The van der Waals surface area contributed by atoms with Crippen molar-refractivity contribution in [2.45, 2.75) is 71.1 Å². The lowest BCUT2D eigenvalue weighted by Crippen LogP contribution is -2.28. The molecular formula is C16H28. The van der Waals surface area contributed by atoms with Crippen LogP contribution in [0, 0.1) is 29.6 Å². The summed E-state index contributed by atoms with van der Waals surface area (Å²) in [4.78, 5) is 0. The lowest BCUT2D eigenvalue weighted by Gasteiger charge is -2.37. The van der Waals surface area contributed by atoms with Crippen molar-refractivity contribution in [2.75, 3.05) is 0 Å². The predicted molar refractivity (Wildman–Crippen MR) is 69.3 cm³/mol. The molecule has 0 nitrogen and oxygen atoms in total. The van der Waals surface area contributed by atoms with Gasteiger partial charge >= 0.3 is 0 Å². The lowest BCUT2D eigenvalue weighted by molar-refractivity contribution is 0.126. The molecule has 0 N–H and O–H groups in total. The van der Waals surface area contributed by atoms with E-state index in [9.17, 15) is 0 Å². The van der Waals surface area contributed by atoms with Gasteiger partial charge in [-0.15, -0.1) is 0 Å². The topological polar surface area (TPSA) is 0 Å². The molecule has 0 amide bonds. The van der Waals surface area contributed by atoms with Crippen LogP contribution in [-0.4, -0.2) is 0 Å². The zero-order valence-corrected chi connectivity index (χ0v) is 11.0. The van der Waals surface area contributed by atoms with Crippen molar-refractivity contribution >= 4 is 0 Å². The van der Waals surface area contributed by atoms with E-state index >= 15 is 0 Å². The van der Waals surface area contributed by atoms with Crippen LogP contribution in [0.3, 0.4) is 0 Å². The van der Waals surface area contributed by atoms with Crippen LogP contribution >= 0.6 is 0 Å². The third kappa shape index (κ3) is 2.05. The minimum atomic E-state index is 1.03. The minimum Gasteiger partial charge on any atom is -0.0625 e. The van der Waals surface area contributed by atoms with Crippen LogP contribution in [-0.2, 0) is 0 Å². The Kier molecular flexibility index (Phi) is 3.27. The standard InChI is InChI=1S/C16H28/c1-12-7-8-14-9-10-15(16(14)11-12)13-5-3-2-4-6-13/h12-16H,2-11H2,1H3. The third-order valence-corrected chi connectivity index (χ3v) is 5.99. The molecule has 4 atom stereocenters. The molecule has 92 valence electrons. The number of hydrogen-bond donors (Lipinski definition) is 0. The van der Waals surface area contributed by atoms with E-state index < -0.39 is 0 Å². The minimum absolute atomic E-state index is 1.03. The van der Waals surface area contributed by atoms with Gasteiger partial charge in [-0.3, -0.25) is 0 Å². The van der Waals surface area contributed by atoms with Gasteiger partial charge in [-0.25, -0.2) is 0 Å². The van der Waals surface area contributed by atoms with Crippen LogP contribution in [0.1, 0.15) is 71.1 Å². The Morgan fingerprint density at radius 3 is 2.12 bits per heavy atom. The molecule has 16 heavy (non-hydrogen) atoms. The second-order valence-electron chi connectivity index (χ2n) is 6.98. The molecule has 0 heterocycles. The van der Waals surface area contributed by atoms with Gasteiger partial charge in [0.2, 0.25) is 0 Å². The number of hydrogen-bond acceptors (Lipinski definition) is 0. The predicted octanol–water partition coefficient (Wildman–Crippen LogP) is 5.03. The maximum atomic E-state index is 2.49. The summed E-state index contributed by atoms with van der Waals surface area (Å²) in [7, 11) is 0. The second kappa shape index (κ2) is 4.70. The third-order valence-electron chi connectivity index (χ3n) is 5.99. The van der Waals surface area contributed by atoms with E-state index in [1.54, 1.807) is 38.5 Å². The van der Waals surface area contributed by atoms with E-state index in [4.69, 9.17) is 0 Å². The van der Waals surface area contributed by atoms with Crippen molar-refractivity contribution in [3.05, 3.63) is 0 Å².